The molecule has 0 bridgehead atoms. The maximum absolute atomic E-state index is 13.7. The van der Waals surface area contributed by atoms with Crippen LogP contribution in [0.15, 0.2) is 47.2 Å². The van der Waals surface area contributed by atoms with Crippen molar-refractivity contribution in [1.82, 2.24) is 4.98 Å². The van der Waals surface area contributed by atoms with Gasteiger partial charge < -0.3 is 10.5 Å². The molecule has 1 aromatic heterocycles. The molecule has 2 rings (SSSR count). The van der Waals surface area contributed by atoms with Crippen LogP contribution in [-0.4, -0.2) is 11.5 Å². The van der Waals surface area contributed by atoms with Gasteiger partial charge in [-0.3, -0.25) is 4.98 Å². The van der Waals surface area contributed by atoms with Gasteiger partial charge in [-0.2, -0.15) is 0 Å². The van der Waals surface area contributed by atoms with Crippen molar-refractivity contribution in [2.24, 2.45) is 5.73 Å². The van der Waals surface area contributed by atoms with Gasteiger partial charge in [-0.25, -0.2) is 4.39 Å². The highest BCUT2D eigenvalue weighted by molar-refractivity contribution is 9.10. The molecule has 0 amide bonds. The Morgan fingerprint density at radius 2 is 2.00 bits per heavy atom. The molecule has 2 N–H and O–H groups in total. The van der Waals surface area contributed by atoms with E-state index < -0.39 is 5.82 Å². The number of nitrogens with zero attached hydrogens (tertiary/aromatic N) is 1. The van der Waals surface area contributed by atoms with E-state index in [1.54, 1.807) is 36.7 Å². The van der Waals surface area contributed by atoms with Gasteiger partial charge in [0, 0.05) is 23.4 Å². The molecule has 5 heteroatoms. The molecule has 0 radical (unpaired) electrons. The standard InChI is InChI=1S/C13H12BrFN2O/c14-10-1-2-12(11(15)7-10)18-13(8-16)9-3-5-17-6-4-9/h1-7,13H,8,16H2. The summed E-state index contributed by atoms with van der Waals surface area (Å²) in [6, 6.07) is 8.25. The van der Waals surface area contributed by atoms with Crippen LogP contribution in [-0.2, 0) is 0 Å². The fourth-order valence-electron chi connectivity index (χ4n) is 1.55. The van der Waals surface area contributed by atoms with Crippen molar-refractivity contribution in [3.8, 4) is 5.75 Å². The van der Waals surface area contributed by atoms with Crippen molar-refractivity contribution in [1.29, 1.82) is 0 Å². The lowest BCUT2D eigenvalue weighted by Crippen LogP contribution is -2.18. The number of halogens is 2. The third-order valence-electron chi connectivity index (χ3n) is 2.46. The minimum absolute atomic E-state index is 0.186. The third-order valence-corrected chi connectivity index (χ3v) is 2.95. The molecule has 0 spiro atoms. The Bertz CT molecular complexity index is 522. The zero-order chi connectivity index (χ0) is 13.0. The van der Waals surface area contributed by atoms with Crippen LogP contribution in [0.5, 0.6) is 5.75 Å². The number of pyridine rings is 1. The second-order valence-corrected chi connectivity index (χ2v) is 4.61. The zero-order valence-corrected chi connectivity index (χ0v) is 11.1. The lowest BCUT2D eigenvalue weighted by atomic mass is 10.1. The Labute approximate surface area is 113 Å². The highest BCUT2D eigenvalue weighted by Gasteiger charge is 2.13. The summed E-state index contributed by atoms with van der Waals surface area (Å²) in [7, 11) is 0. The van der Waals surface area contributed by atoms with Gasteiger partial charge in [-0.15, -0.1) is 0 Å². The SMILES string of the molecule is NCC(Oc1ccc(Br)cc1F)c1ccncc1. The lowest BCUT2D eigenvalue weighted by Gasteiger charge is -2.18. The molecular formula is C13H12BrFN2O. The Balaban J connectivity index is 2.21. The van der Waals surface area contributed by atoms with Crippen LogP contribution in [0.4, 0.5) is 4.39 Å². The summed E-state index contributed by atoms with van der Waals surface area (Å²) in [6.07, 6.45) is 2.92. The highest BCUT2D eigenvalue weighted by Crippen LogP contribution is 2.26. The first-order chi connectivity index (χ1) is 8.70. The molecule has 3 nitrogen and oxygen atoms in total. The fraction of sp³-hybridized carbons (Fsp3) is 0.154. The predicted octanol–water partition coefficient (Wildman–Crippen LogP) is 3.06. The number of hydrogen-bond donors (Lipinski definition) is 1. The Morgan fingerprint density at radius 1 is 1.28 bits per heavy atom. The first kappa shape index (κ1) is 13.0. The largest absolute Gasteiger partial charge is 0.481 e. The van der Waals surface area contributed by atoms with Crippen molar-refractivity contribution < 1.29 is 9.13 Å². The van der Waals surface area contributed by atoms with Crippen molar-refractivity contribution in [3.05, 3.63) is 58.6 Å². The molecule has 0 aliphatic rings. The molecule has 94 valence electrons. The molecule has 18 heavy (non-hydrogen) atoms. The van der Waals surface area contributed by atoms with Gasteiger partial charge in [0.25, 0.3) is 0 Å². The number of aromatic nitrogens is 1. The van der Waals surface area contributed by atoms with Crippen LogP contribution in [0.2, 0.25) is 0 Å². The predicted molar refractivity (Wildman–Crippen MR) is 70.8 cm³/mol. The summed E-state index contributed by atoms with van der Waals surface area (Å²) >= 11 is 3.20. The van der Waals surface area contributed by atoms with E-state index in [0.717, 1.165) is 5.56 Å². The molecule has 1 unspecified atom stereocenters. The molecule has 2 aromatic rings. The minimum Gasteiger partial charge on any atom is -0.481 e. The Morgan fingerprint density at radius 3 is 2.61 bits per heavy atom. The summed E-state index contributed by atoms with van der Waals surface area (Å²) in [4.78, 5) is 3.92. The summed E-state index contributed by atoms with van der Waals surface area (Å²) < 4.78 is 19.9. The first-order valence-electron chi connectivity index (χ1n) is 5.42. The van der Waals surface area contributed by atoms with Gasteiger partial charge in [-0.1, -0.05) is 15.9 Å². The van der Waals surface area contributed by atoms with Gasteiger partial charge >= 0.3 is 0 Å². The van der Waals surface area contributed by atoms with E-state index in [4.69, 9.17) is 10.5 Å². The van der Waals surface area contributed by atoms with E-state index >= 15 is 0 Å². The van der Waals surface area contributed by atoms with Crippen LogP contribution >= 0.6 is 15.9 Å². The van der Waals surface area contributed by atoms with Gasteiger partial charge in [0.15, 0.2) is 11.6 Å². The summed E-state index contributed by atoms with van der Waals surface area (Å²) in [6.45, 7) is 0.263. The van der Waals surface area contributed by atoms with Crippen molar-refractivity contribution >= 4 is 15.9 Å². The molecule has 1 heterocycles. The monoisotopic (exact) mass is 310 g/mol. The Kier molecular flexibility index (Phi) is 4.28. The minimum atomic E-state index is -0.420. The molecule has 1 aromatic carbocycles. The number of nitrogens with two attached hydrogens (primary N) is 1. The molecule has 0 fully saturated rings. The maximum Gasteiger partial charge on any atom is 0.166 e. The zero-order valence-electron chi connectivity index (χ0n) is 9.51. The number of rotatable bonds is 4. The molecule has 0 saturated heterocycles. The van der Waals surface area contributed by atoms with E-state index in [1.807, 2.05) is 0 Å². The van der Waals surface area contributed by atoms with E-state index in [2.05, 4.69) is 20.9 Å². The summed E-state index contributed by atoms with van der Waals surface area (Å²) in [5.41, 5.74) is 6.53. The third kappa shape index (κ3) is 3.05. The Hall–Kier alpha value is -1.46. The van der Waals surface area contributed by atoms with Gasteiger partial charge in [-0.05, 0) is 35.9 Å². The van der Waals surface area contributed by atoms with Crippen LogP contribution in [0.1, 0.15) is 11.7 Å². The lowest BCUT2D eigenvalue weighted by molar-refractivity contribution is 0.204. The number of benzene rings is 1. The average molecular weight is 311 g/mol. The van der Waals surface area contributed by atoms with Crippen LogP contribution in [0.3, 0.4) is 0 Å². The van der Waals surface area contributed by atoms with Crippen molar-refractivity contribution in [2.75, 3.05) is 6.54 Å². The van der Waals surface area contributed by atoms with Gasteiger partial charge in [0.1, 0.15) is 6.10 Å². The quantitative estimate of drug-likeness (QED) is 0.944. The second kappa shape index (κ2) is 5.93. The van der Waals surface area contributed by atoms with Crippen LogP contribution < -0.4 is 10.5 Å². The maximum atomic E-state index is 13.7. The molecular weight excluding hydrogens is 299 g/mol. The molecule has 0 aliphatic carbocycles. The summed E-state index contributed by atoms with van der Waals surface area (Å²) in [5.74, 6) is -0.234. The highest BCUT2D eigenvalue weighted by atomic mass is 79.9. The van der Waals surface area contributed by atoms with Crippen LogP contribution in [0.25, 0.3) is 0 Å². The van der Waals surface area contributed by atoms with E-state index in [9.17, 15) is 4.39 Å². The van der Waals surface area contributed by atoms with E-state index in [1.165, 1.54) is 6.07 Å². The fourth-order valence-corrected chi connectivity index (χ4v) is 1.89. The van der Waals surface area contributed by atoms with Crippen molar-refractivity contribution in [3.63, 3.8) is 0 Å². The van der Waals surface area contributed by atoms with Crippen molar-refractivity contribution in [2.45, 2.75) is 6.10 Å². The smallest absolute Gasteiger partial charge is 0.166 e. The van der Waals surface area contributed by atoms with Crippen LogP contribution in [0, 0.1) is 5.82 Å². The normalized spacial score (nSPS) is 12.2. The number of hydrogen-bond acceptors (Lipinski definition) is 3. The second-order valence-electron chi connectivity index (χ2n) is 3.70. The van der Waals surface area contributed by atoms with Gasteiger partial charge in [0.05, 0.1) is 0 Å². The molecule has 0 aliphatic heterocycles. The number of ether oxygens (including phenoxy) is 1. The topological polar surface area (TPSA) is 48.1 Å². The summed E-state index contributed by atoms with van der Waals surface area (Å²) in [5, 5.41) is 0. The molecule has 1 atom stereocenters. The van der Waals surface area contributed by atoms with E-state index in [0.29, 0.717) is 4.47 Å². The first-order valence-corrected chi connectivity index (χ1v) is 6.21. The molecule has 0 saturated carbocycles. The van der Waals surface area contributed by atoms with Gasteiger partial charge in [0.2, 0.25) is 0 Å². The van der Waals surface area contributed by atoms with E-state index in [-0.39, 0.29) is 18.4 Å². The average Bonchev–Trinajstić information content (AvgIpc) is 2.39.